The van der Waals surface area contributed by atoms with Crippen LogP contribution in [0.4, 0.5) is 0 Å². The number of hydrogen-bond donors (Lipinski definition) is 4. The fourth-order valence-electron chi connectivity index (χ4n) is 4.51. The molecule has 1 aromatic rings. The molecule has 4 atom stereocenters. The average Bonchev–Trinajstić information content (AvgIpc) is 3.37. The second-order valence-electron chi connectivity index (χ2n) is 8.47. The number of rotatable bonds is 9. The lowest BCUT2D eigenvalue weighted by molar-refractivity contribution is -0.143. The van der Waals surface area contributed by atoms with Crippen LogP contribution in [0, 0.1) is 5.92 Å². The zero-order valence-corrected chi connectivity index (χ0v) is 20.1. The Morgan fingerprint density at radius 2 is 1.97 bits per heavy atom. The van der Waals surface area contributed by atoms with Gasteiger partial charge < -0.3 is 25.4 Å². The average molecular weight is 466 g/mol. The molecule has 1 saturated carbocycles. The van der Waals surface area contributed by atoms with Gasteiger partial charge in [-0.25, -0.2) is 4.90 Å². The minimum absolute atomic E-state index is 0.122. The first-order valence-electron chi connectivity index (χ1n) is 11.3. The third-order valence-electron chi connectivity index (χ3n) is 6.42. The lowest BCUT2D eigenvalue weighted by Gasteiger charge is -2.37. The van der Waals surface area contributed by atoms with E-state index in [9.17, 15) is 14.7 Å². The summed E-state index contributed by atoms with van der Waals surface area (Å²) in [5, 5.41) is 18.8. The van der Waals surface area contributed by atoms with Gasteiger partial charge in [-0.3, -0.25) is 14.7 Å². The predicted octanol–water partition coefficient (Wildman–Crippen LogP) is 0.639. The Balaban J connectivity index is 1.58. The molecule has 1 aliphatic carbocycles. The molecule has 0 spiro atoms. The van der Waals surface area contributed by atoms with E-state index >= 15 is 0 Å². The number of amides is 2. The smallest absolute Gasteiger partial charge is 0.251 e. The molecule has 1 heterocycles. The number of benzene rings is 1. The number of hydrogen-bond acceptors (Lipinski definition) is 7. The molecule has 0 aromatic heterocycles. The van der Waals surface area contributed by atoms with E-state index in [1.807, 2.05) is 24.1 Å². The Hall–Kier alpha value is -1.61. The van der Waals surface area contributed by atoms with Crippen LogP contribution in [0.1, 0.15) is 47.8 Å². The molecule has 2 amide bonds. The van der Waals surface area contributed by atoms with E-state index in [0.717, 1.165) is 31.2 Å². The fourth-order valence-corrected chi connectivity index (χ4v) is 4.75. The van der Waals surface area contributed by atoms with Gasteiger partial charge in [-0.15, -0.1) is 0 Å². The van der Waals surface area contributed by atoms with Gasteiger partial charge in [-0.2, -0.15) is 0 Å². The van der Waals surface area contributed by atoms with Gasteiger partial charge in [0.25, 0.3) is 5.91 Å². The van der Waals surface area contributed by atoms with Crippen molar-refractivity contribution in [2.45, 2.75) is 44.2 Å². The van der Waals surface area contributed by atoms with Gasteiger partial charge in [0, 0.05) is 24.6 Å². The number of morpholine rings is 1. The topological polar surface area (TPSA) is 106 Å². The highest BCUT2D eigenvalue weighted by molar-refractivity contribution is 7.13. The Morgan fingerprint density at radius 3 is 2.59 bits per heavy atom. The standard InChI is InChI=1S/C22H36N5O4P/c1-23-19(26(2)22(30)25-32)15-7-9-16(10-8-15)20(28)24-13-18-14-31-12-11-27(18)21(29)17-5-3-4-6-17/h7-10,17-19,22-23,25,30H,3-6,11-14,32H2,1-2H3,(H,24,28)/t18-,19?,22?/m1/s1. The molecule has 0 radical (unpaired) electrons. The van der Waals surface area contributed by atoms with Crippen molar-refractivity contribution in [3.8, 4) is 0 Å². The summed E-state index contributed by atoms with van der Waals surface area (Å²) in [4.78, 5) is 29.3. The predicted molar refractivity (Wildman–Crippen MR) is 125 cm³/mol. The quantitative estimate of drug-likeness (QED) is 0.313. The summed E-state index contributed by atoms with van der Waals surface area (Å²) < 4.78 is 5.58. The molecule has 1 saturated heterocycles. The van der Waals surface area contributed by atoms with Gasteiger partial charge in [0.15, 0.2) is 6.35 Å². The number of ether oxygens (including phenoxy) is 1. The third kappa shape index (κ3) is 6.04. The van der Waals surface area contributed by atoms with Crippen molar-refractivity contribution in [2.75, 3.05) is 40.4 Å². The van der Waals surface area contributed by atoms with E-state index in [-0.39, 0.29) is 29.9 Å². The first kappa shape index (κ1) is 25.0. The van der Waals surface area contributed by atoms with Gasteiger partial charge in [-0.1, -0.05) is 34.4 Å². The zero-order chi connectivity index (χ0) is 23.1. The Morgan fingerprint density at radius 1 is 1.28 bits per heavy atom. The van der Waals surface area contributed by atoms with Crippen molar-refractivity contribution < 1.29 is 19.4 Å². The third-order valence-corrected chi connectivity index (χ3v) is 6.72. The minimum Gasteiger partial charge on any atom is -0.377 e. The lowest BCUT2D eigenvalue weighted by atomic mass is 10.0. The van der Waals surface area contributed by atoms with Crippen molar-refractivity contribution in [3.63, 3.8) is 0 Å². The molecule has 2 aliphatic rings. The van der Waals surface area contributed by atoms with Gasteiger partial charge in [0.1, 0.15) is 0 Å². The van der Waals surface area contributed by atoms with Crippen molar-refractivity contribution >= 4 is 21.2 Å². The molecule has 0 bridgehead atoms. The van der Waals surface area contributed by atoms with Gasteiger partial charge in [-0.05, 0) is 44.6 Å². The van der Waals surface area contributed by atoms with Crippen LogP contribution in [0.5, 0.6) is 0 Å². The van der Waals surface area contributed by atoms with E-state index in [1.54, 1.807) is 24.1 Å². The Bertz CT molecular complexity index is 759. The second kappa shape index (κ2) is 12.0. The molecule has 1 aromatic carbocycles. The van der Waals surface area contributed by atoms with E-state index in [4.69, 9.17) is 4.74 Å². The highest BCUT2D eigenvalue weighted by Crippen LogP contribution is 2.27. The molecular formula is C22H36N5O4P. The Kier molecular flexibility index (Phi) is 9.40. The summed E-state index contributed by atoms with van der Waals surface area (Å²) >= 11 is 0. The molecule has 3 unspecified atom stereocenters. The van der Waals surface area contributed by atoms with Crippen molar-refractivity contribution in [1.29, 1.82) is 0 Å². The van der Waals surface area contributed by atoms with E-state index in [2.05, 4.69) is 25.1 Å². The molecule has 32 heavy (non-hydrogen) atoms. The van der Waals surface area contributed by atoms with Crippen LogP contribution in [-0.4, -0.2) is 79.5 Å². The molecule has 178 valence electrons. The normalized spacial score (nSPS) is 21.5. The Labute approximate surface area is 192 Å². The summed E-state index contributed by atoms with van der Waals surface area (Å²) in [6.45, 7) is 1.94. The number of carbonyl (C=O) groups is 2. The maximum atomic E-state index is 12.9. The van der Waals surface area contributed by atoms with E-state index in [0.29, 0.717) is 31.9 Å². The largest absolute Gasteiger partial charge is 0.377 e. The van der Waals surface area contributed by atoms with Gasteiger partial charge >= 0.3 is 0 Å². The number of nitrogens with zero attached hydrogens (tertiary/aromatic N) is 2. The molecule has 9 nitrogen and oxygen atoms in total. The summed E-state index contributed by atoms with van der Waals surface area (Å²) in [6, 6.07) is 7.12. The highest BCUT2D eigenvalue weighted by Gasteiger charge is 2.33. The van der Waals surface area contributed by atoms with Crippen LogP contribution in [0.25, 0.3) is 0 Å². The number of carbonyl (C=O) groups excluding carboxylic acids is 2. The lowest BCUT2D eigenvalue weighted by Crippen LogP contribution is -2.54. The molecule has 4 N–H and O–H groups in total. The van der Waals surface area contributed by atoms with Crippen LogP contribution in [0.2, 0.25) is 0 Å². The van der Waals surface area contributed by atoms with Crippen LogP contribution in [0.3, 0.4) is 0 Å². The molecule has 3 rings (SSSR count). The number of aliphatic hydroxyl groups is 1. The van der Waals surface area contributed by atoms with Gasteiger partial charge in [0.2, 0.25) is 5.91 Å². The van der Waals surface area contributed by atoms with Crippen molar-refractivity contribution in [3.05, 3.63) is 35.4 Å². The van der Waals surface area contributed by atoms with E-state index in [1.165, 1.54) is 0 Å². The maximum Gasteiger partial charge on any atom is 0.251 e. The molecule has 2 fully saturated rings. The van der Waals surface area contributed by atoms with Crippen molar-refractivity contribution in [2.24, 2.45) is 5.92 Å². The second-order valence-corrected chi connectivity index (χ2v) is 8.80. The summed E-state index contributed by atoms with van der Waals surface area (Å²) in [6.07, 6.45) is 3.10. The number of nitrogens with one attached hydrogen (secondary N) is 3. The summed E-state index contributed by atoms with van der Waals surface area (Å²) in [5.74, 6) is 0.146. The minimum atomic E-state index is -0.840. The number of aliphatic hydroxyl groups excluding tert-OH is 1. The fraction of sp³-hybridized carbons (Fsp3) is 0.636. The van der Waals surface area contributed by atoms with Crippen LogP contribution >= 0.6 is 9.39 Å². The summed E-state index contributed by atoms with van der Waals surface area (Å²) in [5.41, 5.74) is 1.46. The van der Waals surface area contributed by atoms with Crippen LogP contribution < -0.4 is 15.7 Å². The van der Waals surface area contributed by atoms with Crippen LogP contribution in [0.15, 0.2) is 24.3 Å². The molecule has 10 heteroatoms. The highest BCUT2D eigenvalue weighted by atomic mass is 31.0. The van der Waals surface area contributed by atoms with Crippen LogP contribution in [-0.2, 0) is 9.53 Å². The van der Waals surface area contributed by atoms with Gasteiger partial charge in [0.05, 0.1) is 25.4 Å². The first-order valence-corrected chi connectivity index (χ1v) is 11.8. The molecular weight excluding hydrogens is 429 g/mol. The summed E-state index contributed by atoms with van der Waals surface area (Å²) in [7, 11) is 5.88. The zero-order valence-electron chi connectivity index (χ0n) is 18.9. The maximum absolute atomic E-state index is 12.9. The monoisotopic (exact) mass is 465 g/mol. The van der Waals surface area contributed by atoms with E-state index < -0.39 is 6.35 Å². The van der Waals surface area contributed by atoms with Crippen molar-refractivity contribution in [1.82, 2.24) is 25.5 Å². The first-order chi connectivity index (χ1) is 15.5. The molecule has 1 aliphatic heterocycles. The SMILES string of the molecule is CNC(c1ccc(C(=O)NC[C@@H]2COCCN2C(=O)C2CCCC2)cc1)N(C)C(O)NP.